The van der Waals surface area contributed by atoms with Crippen LogP contribution in [-0.2, 0) is 4.79 Å². The van der Waals surface area contributed by atoms with Crippen molar-refractivity contribution >= 4 is 23.7 Å². The lowest BCUT2D eigenvalue weighted by molar-refractivity contribution is -0.130. The number of carbonyl (C=O) groups excluding carboxylic acids is 1. The van der Waals surface area contributed by atoms with E-state index in [0.29, 0.717) is 27.9 Å². The van der Waals surface area contributed by atoms with Crippen molar-refractivity contribution in [3.63, 3.8) is 0 Å². The Morgan fingerprint density at radius 2 is 1.93 bits per heavy atom. The molecular formula is C20H17ClN4O3. The second kappa shape index (κ2) is 7.74. The fourth-order valence-electron chi connectivity index (χ4n) is 2.78. The van der Waals surface area contributed by atoms with Gasteiger partial charge in [0, 0.05) is 0 Å². The van der Waals surface area contributed by atoms with Gasteiger partial charge in [0.1, 0.15) is 11.8 Å². The molecule has 1 N–H and O–H groups in total. The third kappa shape index (κ3) is 3.57. The van der Waals surface area contributed by atoms with Crippen molar-refractivity contribution in [2.45, 2.75) is 13.0 Å². The number of carbonyl (C=O) groups is 1. The summed E-state index contributed by atoms with van der Waals surface area (Å²) in [5.74, 6) is 0.738. The molecular weight excluding hydrogens is 380 g/mol. The maximum Gasteiger partial charge on any atom is 0.284 e. The average molecular weight is 397 g/mol. The largest absolute Gasteiger partial charge is 0.485 e. The van der Waals surface area contributed by atoms with Crippen molar-refractivity contribution in [3.05, 3.63) is 71.0 Å². The lowest BCUT2D eigenvalue weighted by atomic mass is 10.2. The summed E-state index contributed by atoms with van der Waals surface area (Å²) in [7, 11) is 0. The van der Waals surface area contributed by atoms with Gasteiger partial charge in [0.2, 0.25) is 6.10 Å². The van der Waals surface area contributed by atoms with Crippen molar-refractivity contribution in [1.82, 2.24) is 15.2 Å². The smallest absolute Gasteiger partial charge is 0.284 e. The molecule has 2 heterocycles. The second-order valence-corrected chi connectivity index (χ2v) is 6.49. The lowest BCUT2D eigenvalue weighted by Gasteiger charge is -2.24. The number of nitrogens with zero attached hydrogens (tertiary/aromatic N) is 3. The number of fused-ring (bicyclic) bond motifs is 1. The number of nitrogens with one attached hydrogen (secondary N) is 1. The van der Waals surface area contributed by atoms with E-state index in [1.807, 2.05) is 49.4 Å². The highest BCUT2D eigenvalue weighted by molar-refractivity contribution is 6.32. The Balaban J connectivity index is 1.44. The van der Waals surface area contributed by atoms with Crippen LogP contribution in [0.15, 0.2) is 59.7 Å². The molecule has 0 saturated carbocycles. The van der Waals surface area contributed by atoms with Crippen LogP contribution in [0.3, 0.4) is 0 Å². The zero-order chi connectivity index (χ0) is 19.5. The predicted molar refractivity (Wildman–Crippen MR) is 105 cm³/mol. The lowest BCUT2D eigenvalue weighted by Crippen LogP contribution is -2.42. The first kappa shape index (κ1) is 18.1. The second-order valence-electron chi connectivity index (χ2n) is 6.14. The quantitative estimate of drug-likeness (QED) is 0.543. The topological polar surface area (TPSA) is 77.7 Å². The van der Waals surface area contributed by atoms with Crippen LogP contribution in [-0.4, -0.2) is 34.6 Å². The Labute approximate surface area is 166 Å². The summed E-state index contributed by atoms with van der Waals surface area (Å²) >= 11 is 6.44. The Morgan fingerprint density at radius 3 is 2.71 bits per heavy atom. The van der Waals surface area contributed by atoms with Crippen molar-refractivity contribution in [2.75, 3.05) is 6.61 Å². The number of halogens is 1. The number of amides is 1. The molecule has 0 aliphatic carbocycles. The van der Waals surface area contributed by atoms with E-state index < -0.39 is 12.0 Å². The standard InChI is InChI=1S/C20H17ClN4O3/c1-13-15(19(21)25(24-13)14-7-3-2-4-8-14)11-22-23-20(26)18-12-27-16-9-5-6-10-17(16)28-18/h2-11,18H,12H2,1H3,(H,23,26)/b22-11+. The first-order chi connectivity index (χ1) is 13.6. The summed E-state index contributed by atoms with van der Waals surface area (Å²) in [6.07, 6.45) is 0.690. The molecule has 0 radical (unpaired) electrons. The van der Waals surface area contributed by atoms with Gasteiger partial charge in [0.05, 0.1) is 23.2 Å². The van der Waals surface area contributed by atoms with Crippen LogP contribution >= 0.6 is 11.6 Å². The van der Waals surface area contributed by atoms with Crippen molar-refractivity contribution in [1.29, 1.82) is 0 Å². The van der Waals surface area contributed by atoms with Gasteiger partial charge in [-0.15, -0.1) is 0 Å². The van der Waals surface area contributed by atoms with Crippen LogP contribution in [0.2, 0.25) is 5.15 Å². The van der Waals surface area contributed by atoms with Crippen molar-refractivity contribution < 1.29 is 14.3 Å². The van der Waals surface area contributed by atoms with E-state index >= 15 is 0 Å². The normalized spacial score (nSPS) is 15.6. The fourth-order valence-corrected chi connectivity index (χ4v) is 3.10. The molecule has 1 unspecified atom stereocenters. The first-order valence-corrected chi connectivity index (χ1v) is 9.03. The molecule has 4 rings (SSSR count). The summed E-state index contributed by atoms with van der Waals surface area (Å²) in [4.78, 5) is 12.3. The van der Waals surface area contributed by atoms with Gasteiger partial charge in [-0.3, -0.25) is 4.79 Å². The average Bonchev–Trinajstić information content (AvgIpc) is 3.02. The maximum atomic E-state index is 12.3. The molecule has 0 saturated heterocycles. The predicted octanol–water partition coefficient (Wildman–Crippen LogP) is 3.12. The molecule has 1 aliphatic rings. The molecule has 0 fully saturated rings. The highest BCUT2D eigenvalue weighted by atomic mass is 35.5. The zero-order valence-corrected chi connectivity index (χ0v) is 15.8. The van der Waals surface area contributed by atoms with E-state index in [1.165, 1.54) is 6.21 Å². The van der Waals surface area contributed by atoms with Gasteiger partial charge in [-0.2, -0.15) is 10.2 Å². The van der Waals surface area contributed by atoms with Crippen LogP contribution in [0.1, 0.15) is 11.3 Å². The molecule has 3 aromatic rings. The van der Waals surface area contributed by atoms with E-state index in [-0.39, 0.29) is 6.61 Å². The number of ether oxygens (including phenoxy) is 2. The molecule has 1 aliphatic heterocycles. The van der Waals surface area contributed by atoms with Gasteiger partial charge in [-0.25, -0.2) is 10.1 Å². The van der Waals surface area contributed by atoms with E-state index in [0.717, 1.165) is 5.69 Å². The minimum absolute atomic E-state index is 0.115. The molecule has 1 atom stereocenters. The van der Waals surface area contributed by atoms with Crippen LogP contribution in [0.25, 0.3) is 5.69 Å². The van der Waals surface area contributed by atoms with Crippen LogP contribution in [0, 0.1) is 6.92 Å². The summed E-state index contributed by atoms with van der Waals surface area (Å²) in [5, 5.41) is 8.84. The van der Waals surface area contributed by atoms with Gasteiger partial charge in [-0.1, -0.05) is 41.9 Å². The van der Waals surface area contributed by atoms with Crippen LogP contribution in [0.5, 0.6) is 11.5 Å². The minimum atomic E-state index is -0.782. The number of para-hydroxylation sites is 3. The van der Waals surface area contributed by atoms with Crippen LogP contribution in [0.4, 0.5) is 0 Å². The van der Waals surface area contributed by atoms with E-state index in [9.17, 15) is 4.79 Å². The first-order valence-electron chi connectivity index (χ1n) is 8.65. The summed E-state index contributed by atoms with van der Waals surface area (Å²) < 4.78 is 12.8. The molecule has 7 nitrogen and oxygen atoms in total. The molecule has 0 spiro atoms. The van der Waals surface area contributed by atoms with Gasteiger partial charge in [-0.05, 0) is 31.2 Å². The van der Waals surface area contributed by atoms with Crippen LogP contribution < -0.4 is 14.9 Å². The van der Waals surface area contributed by atoms with Gasteiger partial charge >= 0.3 is 0 Å². The number of aryl methyl sites for hydroxylation is 1. The fraction of sp³-hybridized carbons (Fsp3) is 0.150. The van der Waals surface area contributed by atoms with E-state index in [2.05, 4.69) is 15.6 Å². The van der Waals surface area contributed by atoms with Gasteiger partial charge in [0.25, 0.3) is 5.91 Å². The molecule has 8 heteroatoms. The Kier molecular flexibility index (Phi) is 4.99. The molecule has 2 aromatic carbocycles. The highest BCUT2D eigenvalue weighted by Crippen LogP contribution is 2.30. The number of aromatic nitrogens is 2. The summed E-state index contributed by atoms with van der Waals surface area (Å²) in [6, 6.07) is 16.7. The van der Waals surface area contributed by atoms with Crippen molar-refractivity contribution in [3.8, 4) is 17.2 Å². The molecule has 142 valence electrons. The summed E-state index contributed by atoms with van der Waals surface area (Å²) in [5.41, 5.74) is 4.62. The van der Waals surface area contributed by atoms with E-state index in [4.69, 9.17) is 21.1 Å². The molecule has 0 bridgehead atoms. The van der Waals surface area contributed by atoms with Gasteiger partial charge in [0.15, 0.2) is 11.5 Å². The number of hydrogen-bond acceptors (Lipinski definition) is 5. The number of benzene rings is 2. The number of rotatable bonds is 4. The number of hydrogen-bond donors (Lipinski definition) is 1. The Hall–Kier alpha value is -3.32. The van der Waals surface area contributed by atoms with Crippen molar-refractivity contribution in [2.24, 2.45) is 5.10 Å². The minimum Gasteiger partial charge on any atom is -0.485 e. The maximum absolute atomic E-state index is 12.3. The third-order valence-corrected chi connectivity index (χ3v) is 4.58. The number of hydrazone groups is 1. The Morgan fingerprint density at radius 1 is 1.21 bits per heavy atom. The molecule has 28 heavy (non-hydrogen) atoms. The molecule has 1 aromatic heterocycles. The highest BCUT2D eigenvalue weighted by Gasteiger charge is 2.27. The SMILES string of the molecule is Cc1nn(-c2ccccc2)c(Cl)c1/C=N/NC(=O)C1COc2ccccc2O1. The molecule has 1 amide bonds. The monoisotopic (exact) mass is 396 g/mol. The summed E-state index contributed by atoms with van der Waals surface area (Å²) in [6.45, 7) is 1.94. The van der Waals surface area contributed by atoms with Gasteiger partial charge < -0.3 is 9.47 Å². The zero-order valence-electron chi connectivity index (χ0n) is 15.0. The van der Waals surface area contributed by atoms with E-state index in [1.54, 1.807) is 16.8 Å². The third-order valence-electron chi connectivity index (χ3n) is 4.22. The Bertz CT molecular complexity index is 1030.